The lowest BCUT2D eigenvalue weighted by Gasteiger charge is -2.50. The molecule has 4 nitrogen and oxygen atoms in total. The van der Waals surface area contributed by atoms with Crippen LogP contribution in [0.4, 0.5) is 0 Å². The van der Waals surface area contributed by atoms with Crippen LogP contribution in [-0.2, 0) is 9.53 Å². The first-order valence-corrected chi connectivity index (χ1v) is 10.6. The van der Waals surface area contributed by atoms with E-state index in [1.807, 2.05) is 0 Å². The molecule has 1 amide bonds. The standard InChI is InChI=1S/C22H34N2O2/c1-3-24-17-21(26-22(14-15-22)20(24)25)12-9-19(10-13-21)23(2)16-11-18-7-5-4-6-8-18/h4-7,18-19H,3,8-17H2,1-2H3/t18?,19-,21-. The molecule has 3 fully saturated rings. The molecule has 1 aliphatic heterocycles. The minimum atomic E-state index is -0.437. The summed E-state index contributed by atoms with van der Waals surface area (Å²) < 4.78 is 6.51. The zero-order valence-corrected chi connectivity index (χ0v) is 16.5. The van der Waals surface area contributed by atoms with Crippen molar-refractivity contribution in [3.8, 4) is 0 Å². The highest BCUT2D eigenvalue weighted by Gasteiger charge is 2.61. The van der Waals surface area contributed by atoms with E-state index in [2.05, 4.69) is 48.1 Å². The van der Waals surface area contributed by atoms with Crippen molar-refractivity contribution in [2.75, 3.05) is 26.7 Å². The van der Waals surface area contributed by atoms with Gasteiger partial charge in [-0.2, -0.15) is 0 Å². The smallest absolute Gasteiger partial charge is 0.254 e. The second kappa shape index (κ2) is 7.12. The molecule has 1 saturated heterocycles. The fourth-order valence-corrected chi connectivity index (χ4v) is 5.11. The normalized spacial score (nSPS) is 35.7. The monoisotopic (exact) mass is 358 g/mol. The predicted molar refractivity (Wildman–Crippen MR) is 104 cm³/mol. The number of hydrogen-bond acceptors (Lipinski definition) is 3. The largest absolute Gasteiger partial charge is 0.357 e. The van der Waals surface area contributed by atoms with E-state index in [9.17, 15) is 4.79 Å². The average Bonchev–Trinajstić information content (AvgIpc) is 3.44. The lowest BCUT2D eigenvalue weighted by atomic mass is 9.79. The summed E-state index contributed by atoms with van der Waals surface area (Å²) in [4.78, 5) is 17.2. The number of carbonyl (C=O) groups is 1. The third-order valence-corrected chi connectivity index (χ3v) is 7.07. The first kappa shape index (κ1) is 18.2. The Kier molecular flexibility index (Phi) is 5.00. The van der Waals surface area contributed by atoms with Gasteiger partial charge in [-0.3, -0.25) is 4.79 Å². The molecule has 0 N–H and O–H groups in total. The van der Waals surface area contributed by atoms with E-state index in [0.717, 1.165) is 38.8 Å². The maximum atomic E-state index is 12.6. The minimum absolute atomic E-state index is 0.0747. The lowest BCUT2D eigenvalue weighted by Crippen LogP contribution is -2.61. The lowest BCUT2D eigenvalue weighted by molar-refractivity contribution is -0.199. The van der Waals surface area contributed by atoms with E-state index >= 15 is 0 Å². The van der Waals surface area contributed by atoms with Crippen molar-refractivity contribution in [3.63, 3.8) is 0 Å². The number of likely N-dealkylation sites (N-methyl/N-ethyl adjacent to an activating group) is 1. The summed E-state index contributed by atoms with van der Waals surface area (Å²) in [6, 6.07) is 0.662. The van der Waals surface area contributed by atoms with Gasteiger partial charge in [0, 0.05) is 19.1 Å². The molecule has 4 rings (SSSR count). The number of rotatable bonds is 5. The number of allylic oxidation sites excluding steroid dienone is 4. The van der Waals surface area contributed by atoms with Crippen molar-refractivity contribution in [1.82, 2.24) is 9.80 Å². The van der Waals surface area contributed by atoms with E-state index in [4.69, 9.17) is 4.74 Å². The summed E-state index contributed by atoms with van der Waals surface area (Å²) >= 11 is 0. The van der Waals surface area contributed by atoms with Crippen LogP contribution in [0.5, 0.6) is 0 Å². The molecule has 3 aliphatic carbocycles. The Balaban J connectivity index is 1.30. The molecule has 1 unspecified atom stereocenters. The van der Waals surface area contributed by atoms with Crippen LogP contribution in [-0.4, -0.2) is 59.6 Å². The Hall–Kier alpha value is -1.13. The molecular weight excluding hydrogens is 324 g/mol. The van der Waals surface area contributed by atoms with E-state index in [-0.39, 0.29) is 11.5 Å². The molecule has 2 spiro atoms. The van der Waals surface area contributed by atoms with Gasteiger partial charge in [-0.15, -0.1) is 0 Å². The number of morpholine rings is 1. The van der Waals surface area contributed by atoms with Crippen LogP contribution in [0.1, 0.15) is 58.3 Å². The molecule has 26 heavy (non-hydrogen) atoms. The van der Waals surface area contributed by atoms with Crippen LogP contribution < -0.4 is 0 Å². The molecule has 2 saturated carbocycles. The van der Waals surface area contributed by atoms with Crippen LogP contribution >= 0.6 is 0 Å². The second-order valence-corrected chi connectivity index (χ2v) is 8.91. The van der Waals surface area contributed by atoms with Crippen LogP contribution in [0.2, 0.25) is 0 Å². The minimum Gasteiger partial charge on any atom is -0.357 e. The van der Waals surface area contributed by atoms with Crippen molar-refractivity contribution in [3.05, 3.63) is 24.3 Å². The quantitative estimate of drug-likeness (QED) is 0.754. The van der Waals surface area contributed by atoms with Crippen LogP contribution in [0.3, 0.4) is 0 Å². The Morgan fingerprint density at radius 3 is 2.62 bits per heavy atom. The maximum Gasteiger partial charge on any atom is 0.254 e. The summed E-state index contributed by atoms with van der Waals surface area (Å²) in [6.07, 6.45) is 17.8. The van der Waals surface area contributed by atoms with Crippen molar-refractivity contribution in [2.24, 2.45) is 5.92 Å². The highest BCUT2D eigenvalue weighted by molar-refractivity contribution is 5.89. The van der Waals surface area contributed by atoms with E-state index in [1.54, 1.807) is 0 Å². The van der Waals surface area contributed by atoms with Gasteiger partial charge in [0.1, 0.15) is 5.60 Å². The van der Waals surface area contributed by atoms with Crippen LogP contribution in [0.15, 0.2) is 24.3 Å². The fourth-order valence-electron chi connectivity index (χ4n) is 5.11. The SMILES string of the molecule is CCN1C[C@]2(CC[C@@H](N(C)CCC3C=CC=CC3)CC2)OC2(CC2)C1=O. The van der Waals surface area contributed by atoms with Crippen molar-refractivity contribution < 1.29 is 9.53 Å². The molecule has 0 aromatic carbocycles. The number of nitrogens with zero attached hydrogens (tertiary/aromatic N) is 2. The van der Waals surface area contributed by atoms with Crippen molar-refractivity contribution >= 4 is 5.91 Å². The summed E-state index contributed by atoms with van der Waals surface area (Å²) in [6.45, 7) is 4.89. The first-order chi connectivity index (χ1) is 12.6. The van der Waals surface area contributed by atoms with E-state index < -0.39 is 5.60 Å². The van der Waals surface area contributed by atoms with Crippen molar-refractivity contribution in [1.29, 1.82) is 0 Å². The molecule has 0 bridgehead atoms. The maximum absolute atomic E-state index is 12.6. The molecule has 1 atom stereocenters. The van der Waals surface area contributed by atoms with Gasteiger partial charge in [0.15, 0.2) is 0 Å². The van der Waals surface area contributed by atoms with Gasteiger partial charge in [-0.1, -0.05) is 24.3 Å². The highest BCUT2D eigenvalue weighted by Crippen LogP contribution is 2.51. The zero-order chi connectivity index (χ0) is 18.2. The second-order valence-electron chi connectivity index (χ2n) is 8.91. The number of hydrogen-bond donors (Lipinski definition) is 0. The Bertz CT molecular complexity index is 585. The van der Waals surface area contributed by atoms with Gasteiger partial charge < -0.3 is 14.5 Å². The van der Waals surface area contributed by atoms with Crippen LogP contribution in [0.25, 0.3) is 0 Å². The number of carbonyl (C=O) groups excluding carboxylic acids is 1. The fraction of sp³-hybridized carbons (Fsp3) is 0.773. The van der Waals surface area contributed by atoms with Gasteiger partial charge in [-0.25, -0.2) is 0 Å². The average molecular weight is 359 g/mol. The van der Waals surface area contributed by atoms with Crippen molar-refractivity contribution in [2.45, 2.75) is 75.5 Å². The number of amides is 1. The molecule has 4 aliphatic rings. The highest BCUT2D eigenvalue weighted by atomic mass is 16.5. The third kappa shape index (κ3) is 3.50. The van der Waals surface area contributed by atoms with Gasteiger partial charge in [-0.05, 0) is 77.8 Å². The topological polar surface area (TPSA) is 32.8 Å². The summed E-state index contributed by atoms with van der Waals surface area (Å²) in [5.41, 5.74) is -0.511. The van der Waals surface area contributed by atoms with E-state index in [1.165, 1.54) is 32.2 Å². The van der Waals surface area contributed by atoms with Gasteiger partial charge in [0.2, 0.25) is 0 Å². The molecule has 1 heterocycles. The first-order valence-electron chi connectivity index (χ1n) is 10.6. The summed E-state index contributed by atoms with van der Waals surface area (Å²) in [5, 5.41) is 0. The van der Waals surface area contributed by atoms with Gasteiger partial charge in [0.25, 0.3) is 5.91 Å². The molecule has 4 heteroatoms. The van der Waals surface area contributed by atoms with Gasteiger partial charge >= 0.3 is 0 Å². The predicted octanol–water partition coefficient (Wildman–Crippen LogP) is 3.53. The Morgan fingerprint density at radius 1 is 1.23 bits per heavy atom. The number of ether oxygens (including phenoxy) is 1. The van der Waals surface area contributed by atoms with Gasteiger partial charge in [0.05, 0.1) is 5.60 Å². The Morgan fingerprint density at radius 2 is 2.00 bits per heavy atom. The van der Waals surface area contributed by atoms with Crippen LogP contribution in [0, 0.1) is 5.92 Å². The molecule has 144 valence electrons. The Labute approximate surface area is 158 Å². The molecule has 0 radical (unpaired) electrons. The molecule has 0 aromatic heterocycles. The summed E-state index contributed by atoms with van der Waals surface area (Å²) in [7, 11) is 2.29. The zero-order valence-electron chi connectivity index (χ0n) is 16.5. The third-order valence-electron chi connectivity index (χ3n) is 7.07. The summed E-state index contributed by atoms with van der Waals surface area (Å²) in [5.74, 6) is 0.956. The molecular formula is C22H34N2O2. The van der Waals surface area contributed by atoms with E-state index in [0.29, 0.717) is 12.0 Å². The molecule has 0 aromatic rings.